The predicted octanol–water partition coefficient (Wildman–Crippen LogP) is 4.26. The van der Waals surface area contributed by atoms with Crippen molar-refractivity contribution in [1.82, 2.24) is 0 Å². The number of fused-ring (bicyclic) bond motifs is 2. The van der Waals surface area contributed by atoms with Crippen molar-refractivity contribution in [3.8, 4) is 0 Å². The van der Waals surface area contributed by atoms with Crippen LogP contribution in [0.5, 0.6) is 0 Å². The van der Waals surface area contributed by atoms with Gasteiger partial charge >= 0.3 is 0 Å². The van der Waals surface area contributed by atoms with E-state index in [-0.39, 0.29) is 16.9 Å². The molecule has 0 radical (unpaired) electrons. The number of rotatable bonds is 3. The summed E-state index contributed by atoms with van der Waals surface area (Å²) in [6.07, 6.45) is 11.5. The Morgan fingerprint density at radius 1 is 1.26 bits per heavy atom. The number of allylic oxidation sites excluding steroid dienone is 2. The van der Waals surface area contributed by atoms with E-state index in [9.17, 15) is 4.79 Å². The summed E-state index contributed by atoms with van der Waals surface area (Å²) in [4.78, 5) is 12.8. The second-order valence-corrected chi connectivity index (χ2v) is 8.95. The van der Waals surface area contributed by atoms with Crippen LogP contribution in [0.2, 0.25) is 0 Å². The molecule has 0 aromatic heterocycles. The fourth-order valence-electron chi connectivity index (χ4n) is 6.75. The Bertz CT molecular complexity index is 553. The van der Waals surface area contributed by atoms with Crippen molar-refractivity contribution in [3.05, 3.63) is 11.6 Å². The Kier molecular flexibility index (Phi) is 3.55. The number of carbonyl (C=O) groups excluding carboxylic acids is 1. The van der Waals surface area contributed by atoms with Crippen molar-refractivity contribution >= 4 is 5.78 Å². The minimum absolute atomic E-state index is 0.106. The molecule has 0 heterocycles. The van der Waals surface area contributed by atoms with Gasteiger partial charge in [0.15, 0.2) is 5.78 Å². The first-order chi connectivity index (χ1) is 11.0. The maximum atomic E-state index is 12.8. The molecule has 0 N–H and O–H groups in total. The van der Waals surface area contributed by atoms with Crippen molar-refractivity contribution in [2.45, 2.75) is 71.3 Å². The van der Waals surface area contributed by atoms with Crippen LogP contribution in [-0.2, 0) is 14.3 Å². The molecule has 2 bridgehead atoms. The van der Waals surface area contributed by atoms with Gasteiger partial charge in [0.25, 0.3) is 0 Å². The highest BCUT2D eigenvalue weighted by molar-refractivity contribution is 5.98. The first-order valence-electron chi connectivity index (χ1n) is 9.30. The summed E-state index contributed by atoms with van der Waals surface area (Å²) in [6.45, 7) is 5.19. The molecule has 0 amide bonds. The highest BCUT2D eigenvalue weighted by Crippen LogP contribution is 2.73. The topological polar surface area (TPSA) is 35.5 Å². The fraction of sp³-hybridized carbons (Fsp3) is 0.850. The van der Waals surface area contributed by atoms with E-state index in [1.54, 1.807) is 7.11 Å². The van der Waals surface area contributed by atoms with Crippen molar-refractivity contribution in [1.29, 1.82) is 0 Å². The number of carbonyl (C=O) groups is 1. The second kappa shape index (κ2) is 5.16. The van der Waals surface area contributed by atoms with E-state index in [1.165, 1.54) is 37.7 Å². The molecule has 0 aromatic rings. The lowest BCUT2D eigenvalue weighted by Crippen LogP contribution is -2.56. The quantitative estimate of drug-likeness (QED) is 0.729. The van der Waals surface area contributed by atoms with E-state index < -0.39 is 0 Å². The monoisotopic (exact) mass is 318 g/mol. The highest BCUT2D eigenvalue weighted by Gasteiger charge is 2.67. The first kappa shape index (κ1) is 15.8. The molecule has 0 aromatic carbocycles. The van der Waals surface area contributed by atoms with Gasteiger partial charge in [0.1, 0.15) is 6.79 Å². The summed E-state index contributed by atoms with van der Waals surface area (Å²) in [5.41, 5.74) is 1.87. The van der Waals surface area contributed by atoms with Crippen molar-refractivity contribution in [2.24, 2.45) is 22.2 Å². The molecule has 128 valence electrons. The Labute approximate surface area is 139 Å². The Hall–Kier alpha value is -0.670. The smallest absolute Gasteiger partial charge is 0.159 e. The SMILES string of the molecule is COCO[C@H]1C[C@@H]2CC(=O)C3=CCCC[C@]3(C)[C@]23CC[C@@]1(C)C3. The van der Waals surface area contributed by atoms with Gasteiger partial charge in [0, 0.05) is 18.9 Å². The van der Waals surface area contributed by atoms with Gasteiger partial charge < -0.3 is 9.47 Å². The van der Waals surface area contributed by atoms with Crippen LogP contribution in [0.25, 0.3) is 0 Å². The molecule has 0 aliphatic heterocycles. The molecule has 4 rings (SSSR count). The van der Waals surface area contributed by atoms with Gasteiger partial charge in [-0.25, -0.2) is 0 Å². The average molecular weight is 318 g/mol. The van der Waals surface area contributed by atoms with Gasteiger partial charge in [0.05, 0.1) is 6.10 Å². The zero-order valence-electron chi connectivity index (χ0n) is 14.8. The third-order valence-corrected chi connectivity index (χ3v) is 7.96. The van der Waals surface area contributed by atoms with Gasteiger partial charge in [-0.2, -0.15) is 0 Å². The summed E-state index contributed by atoms with van der Waals surface area (Å²) in [5, 5.41) is 0. The standard InChI is InChI=1S/C20H30O3/c1-18-8-9-20(12-18)14(11-17(18)23-13-22-3)10-16(21)15-6-4-5-7-19(15,20)2/h6,14,17H,4-5,7-13H2,1-3H3/t14-,17-,18-,19-,20-/m0/s1. The Balaban J connectivity index is 1.73. The number of ketones is 1. The van der Waals surface area contributed by atoms with E-state index in [2.05, 4.69) is 19.9 Å². The van der Waals surface area contributed by atoms with Crippen LogP contribution in [0.4, 0.5) is 0 Å². The lowest BCUT2D eigenvalue weighted by molar-refractivity contribution is -0.167. The van der Waals surface area contributed by atoms with E-state index >= 15 is 0 Å². The van der Waals surface area contributed by atoms with Gasteiger partial charge in [-0.05, 0) is 67.3 Å². The van der Waals surface area contributed by atoms with Crippen molar-refractivity contribution < 1.29 is 14.3 Å². The van der Waals surface area contributed by atoms with Crippen LogP contribution in [-0.4, -0.2) is 25.8 Å². The largest absolute Gasteiger partial charge is 0.359 e. The maximum Gasteiger partial charge on any atom is 0.159 e. The van der Waals surface area contributed by atoms with Crippen LogP contribution >= 0.6 is 0 Å². The predicted molar refractivity (Wildman–Crippen MR) is 88.9 cm³/mol. The Morgan fingerprint density at radius 3 is 2.87 bits per heavy atom. The molecule has 0 unspecified atom stereocenters. The number of hydrogen-bond acceptors (Lipinski definition) is 3. The summed E-state index contributed by atoms with van der Waals surface area (Å²) >= 11 is 0. The zero-order chi connectivity index (χ0) is 16.3. The molecule has 3 nitrogen and oxygen atoms in total. The second-order valence-electron chi connectivity index (χ2n) is 8.95. The van der Waals surface area contributed by atoms with Gasteiger partial charge in [-0.3, -0.25) is 4.79 Å². The van der Waals surface area contributed by atoms with Crippen LogP contribution in [0.3, 0.4) is 0 Å². The Morgan fingerprint density at radius 2 is 2.09 bits per heavy atom. The van der Waals surface area contributed by atoms with Crippen LogP contribution in [0.15, 0.2) is 11.6 Å². The van der Waals surface area contributed by atoms with E-state index in [4.69, 9.17) is 9.47 Å². The number of methoxy groups -OCH3 is 1. The molecule has 3 saturated carbocycles. The minimum atomic E-state index is 0.106. The van der Waals surface area contributed by atoms with E-state index in [0.717, 1.165) is 19.3 Å². The number of hydrogen-bond donors (Lipinski definition) is 0. The molecule has 1 spiro atoms. The molecular formula is C20H30O3. The van der Waals surface area contributed by atoms with Gasteiger partial charge in [-0.15, -0.1) is 0 Å². The normalized spacial score (nSPS) is 48.7. The number of ether oxygens (including phenoxy) is 2. The van der Waals surface area contributed by atoms with E-state index in [0.29, 0.717) is 23.9 Å². The van der Waals surface area contributed by atoms with Crippen molar-refractivity contribution in [3.63, 3.8) is 0 Å². The molecule has 23 heavy (non-hydrogen) atoms. The summed E-state index contributed by atoms with van der Waals surface area (Å²) in [5.74, 6) is 0.913. The van der Waals surface area contributed by atoms with Crippen LogP contribution in [0, 0.1) is 22.2 Å². The zero-order valence-corrected chi connectivity index (χ0v) is 14.8. The average Bonchev–Trinajstić information content (AvgIpc) is 2.84. The highest BCUT2D eigenvalue weighted by atomic mass is 16.7. The summed E-state index contributed by atoms with van der Waals surface area (Å²) < 4.78 is 11.2. The molecule has 4 aliphatic carbocycles. The minimum Gasteiger partial charge on any atom is -0.359 e. The maximum absolute atomic E-state index is 12.8. The lowest BCUT2D eigenvalue weighted by Gasteiger charge is -2.60. The molecule has 3 fully saturated rings. The number of Topliss-reactive ketones (excluding diaryl/α,β-unsaturated/α-hetero) is 1. The third kappa shape index (κ3) is 1.99. The van der Waals surface area contributed by atoms with Crippen molar-refractivity contribution in [2.75, 3.05) is 13.9 Å². The van der Waals surface area contributed by atoms with Gasteiger partial charge in [0.2, 0.25) is 0 Å². The first-order valence-corrected chi connectivity index (χ1v) is 9.30. The molecular weight excluding hydrogens is 288 g/mol. The fourth-order valence-corrected chi connectivity index (χ4v) is 6.75. The molecule has 3 heteroatoms. The van der Waals surface area contributed by atoms with Crippen LogP contribution < -0.4 is 0 Å². The van der Waals surface area contributed by atoms with Crippen LogP contribution in [0.1, 0.15) is 65.2 Å². The molecule has 4 aliphatic rings. The summed E-state index contributed by atoms with van der Waals surface area (Å²) in [6, 6.07) is 0. The molecule has 0 saturated heterocycles. The summed E-state index contributed by atoms with van der Waals surface area (Å²) in [7, 11) is 1.69. The third-order valence-electron chi connectivity index (χ3n) is 7.96. The van der Waals surface area contributed by atoms with Gasteiger partial charge in [-0.1, -0.05) is 19.9 Å². The molecule has 5 atom stereocenters. The lowest BCUT2D eigenvalue weighted by atomic mass is 9.43. The van der Waals surface area contributed by atoms with E-state index in [1.807, 2.05) is 0 Å².